The highest BCUT2D eigenvalue weighted by Gasteiger charge is 2.16. The number of aryl methyl sites for hydroxylation is 1. The first-order valence-electron chi connectivity index (χ1n) is 6.88. The first-order valence-corrected chi connectivity index (χ1v) is 6.88. The molecule has 0 aliphatic carbocycles. The second-order valence-electron chi connectivity index (χ2n) is 4.99. The molecule has 1 N–H and O–H groups in total. The van der Waals surface area contributed by atoms with E-state index >= 15 is 0 Å². The first-order chi connectivity index (χ1) is 10.2. The van der Waals surface area contributed by atoms with Crippen LogP contribution in [-0.4, -0.2) is 26.6 Å². The topological polar surface area (TPSA) is 55.7 Å². The predicted octanol–water partition coefficient (Wildman–Crippen LogP) is 3.20. The van der Waals surface area contributed by atoms with Gasteiger partial charge in [0.25, 0.3) is 0 Å². The van der Waals surface area contributed by atoms with E-state index in [0.29, 0.717) is 0 Å². The molecule has 5 nitrogen and oxygen atoms in total. The lowest BCUT2D eigenvalue weighted by Gasteiger charge is -2.17. The Hall–Kier alpha value is -2.56. The quantitative estimate of drug-likeness (QED) is 0.799. The molecule has 3 aromatic rings. The highest BCUT2D eigenvalue weighted by atomic mass is 16.5. The predicted molar refractivity (Wildman–Crippen MR) is 81.4 cm³/mol. The molecule has 0 fully saturated rings. The van der Waals surface area contributed by atoms with Gasteiger partial charge in [-0.3, -0.25) is 0 Å². The van der Waals surface area contributed by atoms with Crippen LogP contribution in [0.4, 0.5) is 0 Å². The molecule has 108 valence electrons. The van der Waals surface area contributed by atoms with Crippen LogP contribution in [0.1, 0.15) is 24.2 Å². The van der Waals surface area contributed by atoms with Gasteiger partial charge in [0.2, 0.25) is 0 Å². The van der Waals surface area contributed by atoms with Crippen LogP contribution in [0.5, 0.6) is 5.75 Å². The van der Waals surface area contributed by atoms with Gasteiger partial charge in [-0.05, 0) is 31.5 Å². The molecular formula is C16H18N4O. The number of imidazole rings is 2. The molecule has 0 unspecified atom stereocenters. The molecule has 2 heterocycles. The first kappa shape index (κ1) is 13.4. The average molecular weight is 282 g/mol. The van der Waals surface area contributed by atoms with Gasteiger partial charge in [0, 0.05) is 18.1 Å². The van der Waals surface area contributed by atoms with Gasteiger partial charge in [0.15, 0.2) is 5.82 Å². The van der Waals surface area contributed by atoms with E-state index in [1.54, 1.807) is 19.6 Å². The number of rotatable bonds is 4. The van der Waals surface area contributed by atoms with Gasteiger partial charge in [-0.1, -0.05) is 12.1 Å². The smallest absolute Gasteiger partial charge is 0.161 e. The number of methoxy groups -OCH3 is 1. The SMILES string of the molecule is COc1cccc([C@H](C)n2ccnc2-c2nc[nH]c2C)c1. The summed E-state index contributed by atoms with van der Waals surface area (Å²) in [4.78, 5) is 11.9. The number of H-pyrrole nitrogens is 1. The summed E-state index contributed by atoms with van der Waals surface area (Å²) in [5.74, 6) is 1.72. The Kier molecular flexibility index (Phi) is 3.48. The van der Waals surface area contributed by atoms with Crippen molar-refractivity contribution in [3.05, 3.63) is 54.2 Å². The van der Waals surface area contributed by atoms with Crippen LogP contribution in [0, 0.1) is 6.92 Å². The van der Waals surface area contributed by atoms with Crippen LogP contribution < -0.4 is 4.74 Å². The summed E-state index contributed by atoms with van der Waals surface area (Å²) in [6, 6.07) is 8.23. The molecule has 0 saturated heterocycles. The van der Waals surface area contributed by atoms with Gasteiger partial charge in [-0.25, -0.2) is 9.97 Å². The van der Waals surface area contributed by atoms with Crippen LogP contribution in [0.2, 0.25) is 0 Å². The number of aromatic nitrogens is 4. The van der Waals surface area contributed by atoms with E-state index < -0.39 is 0 Å². The number of nitrogens with zero attached hydrogens (tertiary/aromatic N) is 3. The van der Waals surface area contributed by atoms with Gasteiger partial charge in [0.1, 0.15) is 11.4 Å². The molecule has 0 spiro atoms. The maximum absolute atomic E-state index is 5.30. The van der Waals surface area contributed by atoms with E-state index in [-0.39, 0.29) is 6.04 Å². The van der Waals surface area contributed by atoms with Gasteiger partial charge in [0.05, 0.1) is 19.5 Å². The minimum absolute atomic E-state index is 0.147. The summed E-state index contributed by atoms with van der Waals surface area (Å²) in [6.45, 7) is 4.14. The van der Waals surface area contributed by atoms with Gasteiger partial charge in [-0.15, -0.1) is 0 Å². The number of nitrogens with one attached hydrogen (secondary N) is 1. The van der Waals surface area contributed by atoms with Crippen molar-refractivity contribution in [1.29, 1.82) is 0 Å². The fraction of sp³-hybridized carbons (Fsp3) is 0.250. The van der Waals surface area contributed by atoms with Crippen molar-refractivity contribution in [3.63, 3.8) is 0 Å². The molecule has 21 heavy (non-hydrogen) atoms. The fourth-order valence-electron chi connectivity index (χ4n) is 2.46. The lowest BCUT2D eigenvalue weighted by Crippen LogP contribution is -2.08. The van der Waals surface area contributed by atoms with Crippen molar-refractivity contribution in [2.45, 2.75) is 19.9 Å². The van der Waals surface area contributed by atoms with Crippen LogP contribution >= 0.6 is 0 Å². The molecule has 3 rings (SSSR count). The summed E-state index contributed by atoms with van der Waals surface area (Å²) in [5.41, 5.74) is 3.07. The van der Waals surface area contributed by atoms with Gasteiger partial charge < -0.3 is 14.3 Å². The van der Waals surface area contributed by atoms with E-state index in [2.05, 4.69) is 32.5 Å². The summed E-state index contributed by atoms with van der Waals surface area (Å²) in [6.07, 6.45) is 5.48. The van der Waals surface area contributed by atoms with E-state index in [0.717, 1.165) is 23.0 Å². The molecule has 0 saturated carbocycles. The fourth-order valence-corrected chi connectivity index (χ4v) is 2.46. The van der Waals surface area contributed by atoms with Crippen LogP contribution in [0.25, 0.3) is 11.5 Å². The Morgan fingerprint density at radius 2 is 2.14 bits per heavy atom. The van der Waals surface area contributed by atoms with E-state index in [1.807, 2.05) is 31.3 Å². The van der Waals surface area contributed by atoms with Crippen molar-refractivity contribution in [2.24, 2.45) is 0 Å². The molecule has 0 aliphatic heterocycles. The van der Waals surface area contributed by atoms with E-state index in [9.17, 15) is 0 Å². The maximum Gasteiger partial charge on any atom is 0.161 e. The molecule has 0 bridgehead atoms. The lowest BCUT2D eigenvalue weighted by atomic mass is 10.1. The monoisotopic (exact) mass is 282 g/mol. The number of aromatic amines is 1. The summed E-state index contributed by atoms with van der Waals surface area (Å²) >= 11 is 0. The highest BCUT2D eigenvalue weighted by Crippen LogP contribution is 2.27. The van der Waals surface area contributed by atoms with Crippen molar-refractivity contribution in [3.8, 4) is 17.3 Å². The van der Waals surface area contributed by atoms with Crippen molar-refractivity contribution in [1.82, 2.24) is 19.5 Å². The zero-order valence-corrected chi connectivity index (χ0v) is 12.4. The molecule has 1 atom stereocenters. The number of hydrogen-bond donors (Lipinski definition) is 1. The molecule has 2 aromatic heterocycles. The van der Waals surface area contributed by atoms with Crippen LogP contribution in [-0.2, 0) is 0 Å². The zero-order chi connectivity index (χ0) is 14.8. The normalized spacial score (nSPS) is 12.3. The summed E-state index contributed by atoms with van der Waals surface area (Å²) in [5, 5.41) is 0. The lowest BCUT2D eigenvalue weighted by molar-refractivity contribution is 0.413. The minimum Gasteiger partial charge on any atom is -0.497 e. The Morgan fingerprint density at radius 3 is 2.86 bits per heavy atom. The molecule has 5 heteroatoms. The Balaban J connectivity index is 2.01. The molecular weight excluding hydrogens is 264 g/mol. The molecule has 0 radical (unpaired) electrons. The van der Waals surface area contributed by atoms with Crippen LogP contribution in [0.3, 0.4) is 0 Å². The maximum atomic E-state index is 5.30. The van der Waals surface area contributed by atoms with Crippen molar-refractivity contribution < 1.29 is 4.74 Å². The second kappa shape index (κ2) is 5.44. The number of ether oxygens (including phenoxy) is 1. The Morgan fingerprint density at radius 1 is 1.29 bits per heavy atom. The summed E-state index contributed by atoms with van der Waals surface area (Å²) in [7, 11) is 1.68. The van der Waals surface area contributed by atoms with Gasteiger partial charge in [-0.2, -0.15) is 0 Å². The number of hydrogen-bond acceptors (Lipinski definition) is 3. The zero-order valence-electron chi connectivity index (χ0n) is 12.4. The largest absolute Gasteiger partial charge is 0.497 e. The third-order valence-electron chi connectivity index (χ3n) is 3.70. The number of benzene rings is 1. The third-order valence-corrected chi connectivity index (χ3v) is 3.70. The highest BCUT2D eigenvalue weighted by molar-refractivity contribution is 5.53. The van der Waals surface area contributed by atoms with Gasteiger partial charge >= 0.3 is 0 Å². The van der Waals surface area contributed by atoms with Crippen LogP contribution in [0.15, 0.2) is 43.0 Å². The molecule has 0 amide bonds. The standard InChI is InChI=1S/C16H18N4O/c1-11-15(19-10-18-11)16-17-7-8-20(16)12(2)13-5-4-6-14(9-13)21-3/h4-10,12H,1-3H3,(H,18,19)/t12-/m0/s1. The van der Waals surface area contributed by atoms with E-state index in [1.165, 1.54) is 5.56 Å². The minimum atomic E-state index is 0.147. The summed E-state index contributed by atoms with van der Waals surface area (Å²) < 4.78 is 7.42. The van der Waals surface area contributed by atoms with Crippen molar-refractivity contribution in [2.75, 3.05) is 7.11 Å². The third kappa shape index (κ3) is 2.42. The average Bonchev–Trinajstić information content (AvgIpc) is 3.14. The van der Waals surface area contributed by atoms with Crippen molar-refractivity contribution >= 4 is 0 Å². The molecule has 0 aliphatic rings. The second-order valence-corrected chi connectivity index (χ2v) is 4.99. The Bertz CT molecular complexity index is 744. The molecule has 1 aromatic carbocycles. The van der Waals surface area contributed by atoms with E-state index in [4.69, 9.17) is 4.74 Å². The Labute approximate surface area is 123 Å².